The number of furan rings is 1. The molecule has 0 bridgehead atoms. The molecule has 1 aromatic carbocycles. The first-order valence-electron chi connectivity index (χ1n) is 8.37. The summed E-state index contributed by atoms with van der Waals surface area (Å²) < 4.78 is 21.4. The van der Waals surface area contributed by atoms with E-state index in [1.807, 2.05) is 0 Å². The standard InChI is InChI=1S/C19H17N3O5/c1-12(27-14-2-3-16-17(8-14)26-11-25-16)19(23)22-9-15-18(21-6-5-20-15)13-4-7-24-10-13/h2-8,10,12H,9,11H2,1H3,(H,22,23)/t12-/m1/s1. The van der Waals surface area contributed by atoms with Crippen molar-refractivity contribution in [3.63, 3.8) is 0 Å². The minimum absolute atomic E-state index is 0.186. The Balaban J connectivity index is 1.38. The Labute approximate surface area is 155 Å². The number of benzene rings is 1. The number of hydrogen-bond acceptors (Lipinski definition) is 7. The lowest BCUT2D eigenvalue weighted by molar-refractivity contribution is -0.127. The van der Waals surface area contributed by atoms with Crippen LogP contribution >= 0.6 is 0 Å². The Morgan fingerprint density at radius 3 is 2.93 bits per heavy atom. The number of rotatable bonds is 6. The van der Waals surface area contributed by atoms with Gasteiger partial charge in [0.2, 0.25) is 6.79 Å². The third-order valence-corrected chi connectivity index (χ3v) is 4.02. The maximum absolute atomic E-state index is 12.4. The van der Waals surface area contributed by atoms with Crippen LogP contribution in [0.15, 0.2) is 53.6 Å². The molecule has 0 fully saturated rings. The highest BCUT2D eigenvalue weighted by atomic mass is 16.7. The van der Waals surface area contributed by atoms with E-state index in [4.69, 9.17) is 18.6 Å². The van der Waals surface area contributed by atoms with Crippen LogP contribution in [-0.2, 0) is 11.3 Å². The molecule has 27 heavy (non-hydrogen) atoms. The lowest BCUT2D eigenvalue weighted by atomic mass is 10.2. The molecule has 1 aliphatic rings. The SMILES string of the molecule is C[C@@H](Oc1ccc2c(c1)OCO2)C(=O)NCc1nccnc1-c1ccoc1. The fourth-order valence-electron chi connectivity index (χ4n) is 2.66. The number of hydrogen-bond donors (Lipinski definition) is 1. The molecule has 1 atom stereocenters. The van der Waals surface area contributed by atoms with Gasteiger partial charge >= 0.3 is 0 Å². The molecular weight excluding hydrogens is 350 g/mol. The van der Waals surface area contributed by atoms with E-state index >= 15 is 0 Å². The second-order valence-corrected chi connectivity index (χ2v) is 5.86. The molecule has 0 unspecified atom stereocenters. The van der Waals surface area contributed by atoms with E-state index in [9.17, 15) is 4.79 Å². The average molecular weight is 367 g/mol. The molecule has 8 nitrogen and oxygen atoms in total. The average Bonchev–Trinajstić information content (AvgIpc) is 3.37. The van der Waals surface area contributed by atoms with Crippen LogP contribution in [-0.4, -0.2) is 28.8 Å². The Kier molecular flexibility index (Phi) is 4.61. The van der Waals surface area contributed by atoms with Gasteiger partial charge in [-0.25, -0.2) is 0 Å². The molecule has 0 saturated heterocycles. The minimum atomic E-state index is -0.695. The molecular formula is C19H17N3O5. The number of amides is 1. The number of carbonyl (C=O) groups is 1. The third-order valence-electron chi connectivity index (χ3n) is 4.02. The van der Waals surface area contributed by atoms with Crippen LogP contribution in [0.1, 0.15) is 12.6 Å². The van der Waals surface area contributed by atoms with Crippen molar-refractivity contribution in [1.82, 2.24) is 15.3 Å². The highest BCUT2D eigenvalue weighted by Gasteiger charge is 2.19. The fourth-order valence-corrected chi connectivity index (χ4v) is 2.66. The summed E-state index contributed by atoms with van der Waals surface area (Å²) in [7, 11) is 0. The van der Waals surface area contributed by atoms with Crippen LogP contribution in [0.2, 0.25) is 0 Å². The molecule has 8 heteroatoms. The van der Waals surface area contributed by atoms with E-state index in [-0.39, 0.29) is 19.2 Å². The maximum atomic E-state index is 12.4. The first-order valence-corrected chi connectivity index (χ1v) is 8.37. The molecule has 138 valence electrons. The van der Waals surface area contributed by atoms with Crippen molar-refractivity contribution in [2.75, 3.05) is 6.79 Å². The van der Waals surface area contributed by atoms with Crippen molar-refractivity contribution >= 4 is 5.91 Å². The third kappa shape index (κ3) is 3.69. The topological polar surface area (TPSA) is 95.7 Å². The molecule has 1 aliphatic heterocycles. The first-order chi connectivity index (χ1) is 13.2. The number of nitrogens with one attached hydrogen (secondary N) is 1. The predicted molar refractivity (Wildman–Crippen MR) is 94.2 cm³/mol. The van der Waals surface area contributed by atoms with E-state index in [1.165, 1.54) is 0 Å². The zero-order chi connectivity index (χ0) is 18.6. The zero-order valence-corrected chi connectivity index (χ0v) is 14.5. The van der Waals surface area contributed by atoms with E-state index < -0.39 is 6.10 Å². The molecule has 0 aliphatic carbocycles. The Bertz CT molecular complexity index is 942. The van der Waals surface area contributed by atoms with E-state index in [2.05, 4.69) is 15.3 Å². The second-order valence-electron chi connectivity index (χ2n) is 5.86. The zero-order valence-electron chi connectivity index (χ0n) is 14.5. The summed E-state index contributed by atoms with van der Waals surface area (Å²) in [6.45, 7) is 2.08. The van der Waals surface area contributed by atoms with E-state index in [0.29, 0.717) is 28.6 Å². The summed E-state index contributed by atoms with van der Waals surface area (Å²) in [6.07, 6.45) is 5.63. The number of aromatic nitrogens is 2. The molecule has 3 aromatic rings. The molecule has 1 N–H and O–H groups in total. The summed E-state index contributed by atoms with van der Waals surface area (Å²) in [5, 5.41) is 2.82. The van der Waals surface area contributed by atoms with Crippen molar-refractivity contribution in [2.45, 2.75) is 19.6 Å². The molecule has 0 spiro atoms. The summed E-state index contributed by atoms with van der Waals surface area (Å²) in [6, 6.07) is 6.97. The van der Waals surface area contributed by atoms with Crippen LogP contribution in [0.5, 0.6) is 17.2 Å². The lowest BCUT2D eigenvalue weighted by Gasteiger charge is -2.15. The van der Waals surface area contributed by atoms with Gasteiger partial charge in [0.15, 0.2) is 17.6 Å². The molecule has 0 saturated carbocycles. The van der Waals surface area contributed by atoms with Crippen LogP contribution in [0.3, 0.4) is 0 Å². The predicted octanol–water partition coefficient (Wildman–Crippen LogP) is 2.55. The van der Waals surface area contributed by atoms with Crippen molar-refractivity contribution in [1.29, 1.82) is 0 Å². The number of nitrogens with zero attached hydrogens (tertiary/aromatic N) is 2. The molecule has 3 heterocycles. The van der Waals surface area contributed by atoms with Crippen molar-refractivity contribution in [3.8, 4) is 28.5 Å². The summed E-state index contributed by atoms with van der Waals surface area (Å²) in [5.41, 5.74) is 2.11. The normalized spacial score (nSPS) is 13.2. The Hall–Kier alpha value is -3.55. The lowest BCUT2D eigenvalue weighted by Crippen LogP contribution is -2.36. The Morgan fingerprint density at radius 2 is 2.07 bits per heavy atom. The number of carbonyl (C=O) groups excluding carboxylic acids is 1. The van der Waals surface area contributed by atoms with Gasteiger partial charge in [0.25, 0.3) is 5.91 Å². The summed E-state index contributed by atoms with van der Waals surface area (Å²) >= 11 is 0. The fraction of sp³-hybridized carbons (Fsp3) is 0.211. The van der Waals surface area contributed by atoms with Crippen molar-refractivity contribution < 1.29 is 23.4 Å². The van der Waals surface area contributed by atoms with Crippen LogP contribution in [0.25, 0.3) is 11.3 Å². The quantitative estimate of drug-likeness (QED) is 0.715. The summed E-state index contributed by atoms with van der Waals surface area (Å²) in [5.74, 6) is 1.52. The van der Waals surface area contributed by atoms with Crippen molar-refractivity contribution in [2.24, 2.45) is 0 Å². The van der Waals surface area contributed by atoms with Crippen LogP contribution < -0.4 is 19.5 Å². The summed E-state index contributed by atoms with van der Waals surface area (Å²) in [4.78, 5) is 21.0. The van der Waals surface area contributed by atoms with Gasteiger partial charge in [-0.1, -0.05) is 0 Å². The van der Waals surface area contributed by atoms with Crippen LogP contribution in [0, 0.1) is 0 Å². The van der Waals surface area contributed by atoms with Gasteiger partial charge in [0.05, 0.1) is 30.5 Å². The van der Waals surface area contributed by atoms with Gasteiger partial charge in [-0.05, 0) is 25.1 Å². The molecule has 0 radical (unpaired) electrons. The molecule has 1 amide bonds. The van der Waals surface area contributed by atoms with E-state index in [1.54, 1.807) is 56.1 Å². The molecule has 2 aromatic heterocycles. The first kappa shape index (κ1) is 16.9. The number of ether oxygens (including phenoxy) is 3. The van der Waals surface area contributed by atoms with Gasteiger partial charge in [-0.3, -0.25) is 14.8 Å². The monoisotopic (exact) mass is 367 g/mol. The minimum Gasteiger partial charge on any atom is -0.481 e. The Morgan fingerprint density at radius 1 is 1.22 bits per heavy atom. The van der Waals surface area contributed by atoms with Gasteiger partial charge < -0.3 is 23.9 Å². The van der Waals surface area contributed by atoms with Gasteiger partial charge in [-0.15, -0.1) is 0 Å². The highest BCUT2D eigenvalue weighted by Crippen LogP contribution is 2.35. The largest absolute Gasteiger partial charge is 0.481 e. The maximum Gasteiger partial charge on any atom is 0.261 e. The highest BCUT2D eigenvalue weighted by molar-refractivity contribution is 5.80. The smallest absolute Gasteiger partial charge is 0.261 e. The van der Waals surface area contributed by atoms with Gasteiger partial charge in [-0.2, -0.15) is 0 Å². The van der Waals surface area contributed by atoms with Gasteiger partial charge in [0.1, 0.15) is 5.75 Å². The van der Waals surface area contributed by atoms with Gasteiger partial charge in [0, 0.05) is 24.0 Å². The van der Waals surface area contributed by atoms with Crippen molar-refractivity contribution in [3.05, 3.63) is 54.9 Å². The van der Waals surface area contributed by atoms with E-state index in [0.717, 1.165) is 5.56 Å². The number of fused-ring (bicyclic) bond motifs is 1. The van der Waals surface area contributed by atoms with Crippen LogP contribution in [0.4, 0.5) is 0 Å². The second kappa shape index (κ2) is 7.36. The molecule has 4 rings (SSSR count).